The first kappa shape index (κ1) is 18.0. The van der Waals surface area contributed by atoms with Gasteiger partial charge in [-0.2, -0.15) is 0 Å². The van der Waals surface area contributed by atoms with Gasteiger partial charge in [-0.3, -0.25) is 9.59 Å². The van der Waals surface area contributed by atoms with E-state index in [4.69, 9.17) is 27.9 Å². The van der Waals surface area contributed by atoms with Crippen LogP contribution in [0.15, 0.2) is 54.2 Å². The molecular weight excluding hydrogens is 387 g/mol. The van der Waals surface area contributed by atoms with E-state index in [0.717, 1.165) is 4.90 Å². The van der Waals surface area contributed by atoms with E-state index in [0.29, 0.717) is 48.2 Å². The Kier molecular flexibility index (Phi) is 4.91. The van der Waals surface area contributed by atoms with E-state index in [-0.39, 0.29) is 10.7 Å². The Morgan fingerprint density at radius 1 is 0.889 bits per heavy atom. The molecule has 0 spiro atoms. The van der Waals surface area contributed by atoms with E-state index in [9.17, 15) is 9.59 Å². The third-order valence-electron chi connectivity index (χ3n) is 4.60. The van der Waals surface area contributed by atoms with Crippen molar-refractivity contribution in [3.05, 3.63) is 69.8 Å². The van der Waals surface area contributed by atoms with Gasteiger partial charge in [-0.1, -0.05) is 53.5 Å². The molecule has 2 aromatic carbocycles. The van der Waals surface area contributed by atoms with Crippen LogP contribution >= 0.6 is 23.2 Å². The molecule has 0 radical (unpaired) electrons. The number of hydrogen-bond donors (Lipinski definition) is 0. The molecule has 0 aromatic heterocycles. The maximum atomic E-state index is 13.3. The molecule has 2 heterocycles. The lowest BCUT2D eigenvalue weighted by atomic mass is 10.0. The Balaban J connectivity index is 1.85. The summed E-state index contributed by atoms with van der Waals surface area (Å²) >= 11 is 12.4. The highest BCUT2D eigenvalue weighted by atomic mass is 35.5. The minimum Gasteiger partial charge on any atom is -0.378 e. The van der Waals surface area contributed by atoms with Crippen molar-refractivity contribution in [2.45, 2.75) is 0 Å². The number of hydrogen-bond acceptors (Lipinski definition) is 4. The summed E-state index contributed by atoms with van der Waals surface area (Å²) < 4.78 is 5.40. The van der Waals surface area contributed by atoms with Crippen LogP contribution in [0.2, 0.25) is 10.0 Å². The number of imide groups is 1. The molecular formula is C20H16Cl2N2O3. The molecule has 5 nitrogen and oxygen atoms in total. The van der Waals surface area contributed by atoms with Gasteiger partial charge < -0.3 is 9.64 Å². The maximum Gasteiger partial charge on any atom is 0.282 e. The highest BCUT2D eigenvalue weighted by Gasteiger charge is 2.43. The standard InChI is InChI=1S/C20H16Cl2N2O3/c21-14-6-7-15(22)16(12-14)24-19(25)17(13-4-2-1-3-5-13)18(20(24)26)23-8-10-27-11-9-23/h1-7,12H,8-11H2. The van der Waals surface area contributed by atoms with Gasteiger partial charge in [-0.25, -0.2) is 4.90 Å². The zero-order valence-electron chi connectivity index (χ0n) is 14.3. The smallest absolute Gasteiger partial charge is 0.282 e. The lowest BCUT2D eigenvalue weighted by Crippen LogP contribution is -2.40. The van der Waals surface area contributed by atoms with Crippen LogP contribution < -0.4 is 4.90 Å². The van der Waals surface area contributed by atoms with Gasteiger partial charge in [0, 0.05) is 18.1 Å². The van der Waals surface area contributed by atoms with Crippen LogP contribution in [0, 0.1) is 0 Å². The molecule has 0 bridgehead atoms. The highest BCUT2D eigenvalue weighted by molar-refractivity contribution is 6.47. The van der Waals surface area contributed by atoms with Crippen LogP contribution in [-0.2, 0) is 14.3 Å². The molecule has 7 heteroatoms. The van der Waals surface area contributed by atoms with Crippen molar-refractivity contribution in [1.82, 2.24) is 4.90 Å². The molecule has 2 aliphatic rings. The number of amides is 2. The average Bonchev–Trinajstić information content (AvgIpc) is 2.95. The Morgan fingerprint density at radius 3 is 2.30 bits per heavy atom. The topological polar surface area (TPSA) is 49.9 Å². The second-order valence-electron chi connectivity index (χ2n) is 6.23. The predicted molar refractivity (Wildman–Crippen MR) is 105 cm³/mol. The summed E-state index contributed by atoms with van der Waals surface area (Å²) in [6.07, 6.45) is 0. The van der Waals surface area contributed by atoms with Crippen molar-refractivity contribution < 1.29 is 14.3 Å². The van der Waals surface area contributed by atoms with E-state index < -0.39 is 11.8 Å². The van der Waals surface area contributed by atoms with Crippen LogP contribution in [0.5, 0.6) is 0 Å². The number of carbonyl (C=O) groups is 2. The zero-order valence-corrected chi connectivity index (χ0v) is 15.8. The average molecular weight is 403 g/mol. The number of benzene rings is 2. The summed E-state index contributed by atoms with van der Waals surface area (Å²) in [6.45, 7) is 2.10. The molecule has 0 unspecified atom stereocenters. The quantitative estimate of drug-likeness (QED) is 0.735. The minimum absolute atomic E-state index is 0.288. The first-order valence-corrected chi connectivity index (χ1v) is 9.30. The van der Waals surface area contributed by atoms with E-state index in [1.54, 1.807) is 12.1 Å². The van der Waals surface area contributed by atoms with Crippen molar-refractivity contribution in [3.63, 3.8) is 0 Å². The molecule has 0 aliphatic carbocycles. The third-order valence-corrected chi connectivity index (χ3v) is 5.15. The molecule has 27 heavy (non-hydrogen) atoms. The van der Waals surface area contributed by atoms with Crippen LogP contribution in [0.25, 0.3) is 5.57 Å². The van der Waals surface area contributed by atoms with Crippen LogP contribution in [0.1, 0.15) is 5.56 Å². The van der Waals surface area contributed by atoms with E-state index >= 15 is 0 Å². The molecule has 1 fully saturated rings. The van der Waals surface area contributed by atoms with Crippen molar-refractivity contribution in [1.29, 1.82) is 0 Å². The molecule has 1 saturated heterocycles. The van der Waals surface area contributed by atoms with E-state index in [1.807, 2.05) is 35.2 Å². The number of halogens is 2. The fourth-order valence-corrected chi connectivity index (χ4v) is 3.71. The number of nitrogens with zero attached hydrogens (tertiary/aromatic N) is 2. The predicted octanol–water partition coefficient (Wildman–Crippen LogP) is 3.61. The van der Waals surface area contributed by atoms with Crippen LogP contribution in [0.3, 0.4) is 0 Å². The molecule has 2 aromatic rings. The van der Waals surface area contributed by atoms with Crippen molar-refractivity contribution in [3.8, 4) is 0 Å². The number of rotatable bonds is 3. The van der Waals surface area contributed by atoms with Crippen molar-refractivity contribution >= 4 is 46.3 Å². The fourth-order valence-electron chi connectivity index (χ4n) is 3.34. The van der Waals surface area contributed by atoms with E-state index in [1.165, 1.54) is 6.07 Å². The van der Waals surface area contributed by atoms with Gasteiger partial charge in [0.15, 0.2) is 0 Å². The molecule has 0 N–H and O–H groups in total. The largest absolute Gasteiger partial charge is 0.378 e. The van der Waals surface area contributed by atoms with E-state index in [2.05, 4.69) is 0 Å². The molecule has 0 atom stereocenters. The first-order chi connectivity index (χ1) is 13.1. The number of morpholine rings is 1. The van der Waals surface area contributed by atoms with Crippen LogP contribution in [0.4, 0.5) is 5.69 Å². The normalized spacial score (nSPS) is 17.9. The first-order valence-electron chi connectivity index (χ1n) is 8.54. The Labute approximate surface area is 166 Å². The van der Waals surface area contributed by atoms with Gasteiger partial charge in [-0.05, 0) is 23.8 Å². The highest BCUT2D eigenvalue weighted by Crippen LogP contribution is 2.38. The summed E-state index contributed by atoms with van der Waals surface area (Å²) in [5.74, 6) is -0.804. The van der Waals surface area contributed by atoms with Gasteiger partial charge in [0.2, 0.25) is 0 Å². The molecule has 138 valence electrons. The summed E-state index contributed by atoms with van der Waals surface area (Å²) in [5.41, 5.74) is 1.73. The van der Waals surface area contributed by atoms with Gasteiger partial charge in [0.1, 0.15) is 5.70 Å². The lowest BCUT2D eigenvalue weighted by molar-refractivity contribution is -0.121. The third kappa shape index (κ3) is 3.23. The number of ether oxygens (including phenoxy) is 1. The molecule has 4 rings (SSSR count). The lowest BCUT2D eigenvalue weighted by Gasteiger charge is -2.29. The Hall–Kier alpha value is -2.34. The summed E-state index contributed by atoms with van der Waals surface area (Å²) in [7, 11) is 0. The maximum absolute atomic E-state index is 13.3. The SMILES string of the molecule is O=C1C(c2ccccc2)=C(N2CCOCC2)C(=O)N1c1cc(Cl)ccc1Cl. The van der Waals surface area contributed by atoms with Crippen molar-refractivity contribution in [2.24, 2.45) is 0 Å². The summed E-state index contributed by atoms with van der Waals surface area (Å²) in [4.78, 5) is 29.7. The Bertz CT molecular complexity index is 937. The second-order valence-corrected chi connectivity index (χ2v) is 7.07. The number of anilines is 1. The van der Waals surface area contributed by atoms with Gasteiger partial charge in [0.25, 0.3) is 11.8 Å². The summed E-state index contributed by atoms with van der Waals surface area (Å²) in [5, 5.41) is 0.688. The fraction of sp³-hybridized carbons (Fsp3) is 0.200. The van der Waals surface area contributed by atoms with Gasteiger partial charge in [0.05, 0.1) is 29.5 Å². The summed E-state index contributed by atoms with van der Waals surface area (Å²) in [6, 6.07) is 13.9. The zero-order chi connectivity index (χ0) is 19.0. The Morgan fingerprint density at radius 2 is 1.59 bits per heavy atom. The number of carbonyl (C=O) groups excluding carboxylic acids is 2. The molecule has 2 amide bonds. The van der Waals surface area contributed by atoms with Gasteiger partial charge >= 0.3 is 0 Å². The monoisotopic (exact) mass is 402 g/mol. The van der Waals surface area contributed by atoms with Gasteiger partial charge in [-0.15, -0.1) is 0 Å². The minimum atomic E-state index is -0.406. The second kappa shape index (κ2) is 7.35. The van der Waals surface area contributed by atoms with Crippen molar-refractivity contribution in [2.75, 3.05) is 31.2 Å². The van der Waals surface area contributed by atoms with Crippen LogP contribution in [-0.4, -0.2) is 43.0 Å². The molecule has 0 saturated carbocycles. The molecule has 2 aliphatic heterocycles.